The first-order valence-corrected chi connectivity index (χ1v) is 4.62. The highest BCUT2D eigenvalue weighted by Crippen LogP contribution is 2.32. The van der Waals surface area contributed by atoms with E-state index in [2.05, 4.69) is 0 Å². The molecule has 0 aromatic heterocycles. The van der Waals surface area contributed by atoms with Crippen molar-refractivity contribution in [2.45, 2.75) is 37.9 Å². The molecule has 0 amide bonds. The Morgan fingerprint density at radius 1 is 1.15 bits per heavy atom. The average Bonchev–Trinajstić information content (AvgIpc) is 2.14. The first kappa shape index (κ1) is 8.69. The molecule has 0 N–H and O–H groups in total. The van der Waals surface area contributed by atoms with E-state index in [-0.39, 0.29) is 24.6 Å². The molecule has 2 heterocycles. The Kier molecular flexibility index (Phi) is 2.07. The Bertz CT molecular complexity index is 240. The van der Waals surface area contributed by atoms with Gasteiger partial charge in [0.2, 0.25) is 5.78 Å². The summed E-state index contributed by atoms with van der Waals surface area (Å²) < 4.78 is 10.3. The summed E-state index contributed by atoms with van der Waals surface area (Å²) in [5.74, 6) is -1.60. The normalized spacial score (nSPS) is 34.8. The van der Waals surface area contributed by atoms with Crippen molar-refractivity contribution in [3.8, 4) is 0 Å². The average molecular weight is 184 g/mol. The number of ether oxygens (including phenoxy) is 2. The van der Waals surface area contributed by atoms with E-state index in [4.69, 9.17) is 9.47 Å². The molecule has 4 heteroatoms. The summed E-state index contributed by atoms with van der Waals surface area (Å²) in [6, 6.07) is 0. The molecule has 0 bridgehead atoms. The fourth-order valence-electron chi connectivity index (χ4n) is 1.77. The van der Waals surface area contributed by atoms with Crippen molar-refractivity contribution >= 4 is 11.8 Å². The van der Waals surface area contributed by atoms with Crippen LogP contribution in [0.1, 0.15) is 32.1 Å². The van der Waals surface area contributed by atoms with Crippen molar-refractivity contribution in [2.75, 3.05) is 6.61 Å². The summed E-state index contributed by atoms with van der Waals surface area (Å²) in [5, 5.41) is 0. The SMILES string of the molecule is O=C1CCC(=O)C2(CCCCO2)O1. The highest BCUT2D eigenvalue weighted by atomic mass is 16.7. The van der Waals surface area contributed by atoms with Gasteiger partial charge in [-0.25, -0.2) is 0 Å². The maximum atomic E-state index is 11.5. The molecule has 2 fully saturated rings. The third kappa shape index (κ3) is 1.46. The maximum absolute atomic E-state index is 11.5. The summed E-state index contributed by atoms with van der Waals surface area (Å²) in [6.07, 6.45) is 2.81. The molecule has 0 saturated carbocycles. The molecule has 2 rings (SSSR count). The minimum atomic E-state index is -1.20. The molecule has 2 saturated heterocycles. The molecule has 72 valence electrons. The number of hydrogen-bond acceptors (Lipinski definition) is 4. The number of hydrogen-bond donors (Lipinski definition) is 0. The first-order chi connectivity index (χ1) is 6.23. The zero-order valence-corrected chi connectivity index (χ0v) is 7.38. The van der Waals surface area contributed by atoms with Gasteiger partial charge in [-0.1, -0.05) is 0 Å². The summed E-state index contributed by atoms with van der Waals surface area (Å²) in [6.45, 7) is 0.513. The van der Waals surface area contributed by atoms with E-state index in [0.29, 0.717) is 13.0 Å². The molecule has 0 radical (unpaired) electrons. The number of rotatable bonds is 0. The summed E-state index contributed by atoms with van der Waals surface area (Å²) in [5.41, 5.74) is 0. The van der Waals surface area contributed by atoms with Crippen molar-refractivity contribution < 1.29 is 19.1 Å². The van der Waals surface area contributed by atoms with Gasteiger partial charge in [0.1, 0.15) is 0 Å². The number of carbonyl (C=O) groups excluding carboxylic acids is 2. The lowest BCUT2D eigenvalue weighted by Gasteiger charge is -2.37. The van der Waals surface area contributed by atoms with E-state index >= 15 is 0 Å². The van der Waals surface area contributed by atoms with Gasteiger partial charge in [0, 0.05) is 12.8 Å². The Labute approximate surface area is 76.2 Å². The molecule has 1 atom stereocenters. The van der Waals surface area contributed by atoms with Crippen LogP contribution in [0, 0.1) is 0 Å². The molecular formula is C9H12O4. The largest absolute Gasteiger partial charge is 0.425 e. The van der Waals surface area contributed by atoms with Gasteiger partial charge in [0.05, 0.1) is 13.0 Å². The Balaban J connectivity index is 2.16. The van der Waals surface area contributed by atoms with Crippen LogP contribution in [0.4, 0.5) is 0 Å². The minimum Gasteiger partial charge on any atom is -0.425 e. The van der Waals surface area contributed by atoms with Crippen LogP contribution in [0.3, 0.4) is 0 Å². The predicted octanol–water partition coefficient (Wildman–Crippen LogP) is 0.789. The van der Waals surface area contributed by atoms with Crippen molar-refractivity contribution in [3.63, 3.8) is 0 Å². The van der Waals surface area contributed by atoms with Crippen LogP contribution in [-0.2, 0) is 19.1 Å². The minimum absolute atomic E-state index is 0.0770. The Morgan fingerprint density at radius 3 is 2.69 bits per heavy atom. The molecule has 13 heavy (non-hydrogen) atoms. The molecule has 0 aromatic rings. The second-order valence-corrected chi connectivity index (χ2v) is 3.46. The van der Waals surface area contributed by atoms with Gasteiger partial charge in [-0.05, 0) is 12.8 Å². The van der Waals surface area contributed by atoms with Crippen LogP contribution < -0.4 is 0 Å². The van der Waals surface area contributed by atoms with E-state index < -0.39 is 5.79 Å². The number of esters is 1. The highest BCUT2D eigenvalue weighted by Gasteiger charge is 2.47. The van der Waals surface area contributed by atoms with Crippen LogP contribution in [-0.4, -0.2) is 24.1 Å². The van der Waals surface area contributed by atoms with Gasteiger partial charge in [-0.3, -0.25) is 9.59 Å². The van der Waals surface area contributed by atoms with E-state index in [9.17, 15) is 9.59 Å². The molecule has 1 spiro atoms. The van der Waals surface area contributed by atoms with Crippen LogP contribution in [0.2, 0.25) is 0 Å². The zero-order valence-electron chi connectivity index (χ0n) is 7.38. The second-order valence-electron chi connectivity index (χ2n) is 3.46. The smallest absolute Gasteiger partial charge is 0.309 e. The number of ketones is 1. The highest BCUT2D eigenvalue weighted by molar-refractivity contribution is 5.93. The third-order valence-electron chi connectivity index (χ3n) is 2.50. The fourth-order valence-corrected chi connectivity index (χ4v) is 1.77. The lowest BCUT2D eigenvalue weighted by Crippen LogP contribution is -2.51. The molecule has 0 aromatic carbocycles. The monoisotopic (exact) mass is 184 g/mol. The summed E-state index contributed by atoms with van der Waals surface area (Å²) in [7, 11) is 0. The molecular weight excluding hydrogens is 172 g/mol. The van der Waals surface area contributed by atoms with E-state index in [0.717, 1.165) is 12.8 Å². The van der Waals surface area contributed by atoms with Crippen molar-refractivity contribution in [2.24, 2.45) is 0 Å². The topological polar surface area (TPSA) is 52.6 Å². The number of carbonyl (C=O) groups is 2. The molecule has 4 nitrogen and oxygen atoms in total. The second kappa shape index (κ2) is 3.10. The van der Waals surface area contributed by atoms with Gasteiger partial charge in [0.25, 0.3) is 5.79 Å². The standard InChI is InChI=1S/C9H12O4/c10-7-3-4-8(11)13-9(7)5-1-2-6-12-9/h1-6H2. The summed E-state index contributed by atoms with van der Waals surface area (Å²) >= 11 is 0. The van der Waals surface area contributed by atoms with Gasteiger partial charge < -0.3 is 9.47 Å². The molecule has 0 aliphatic carbocycles. The Hall–Kier alpha value is -0.900. The van der Waals surface area contributed by atoms with E-state index in [1.165, 1.54) is 0 Å². The van der Waals surface area contributed by atoms with Crippen LogP contribution in [0.25, 0.3) is 0 Å². The zero-order chi connectivity index (χ0) is 9.31. The van der Waals surface area contributed by atoms with E-state index in [1.54, 1.807) is 0 Å². The van der Waals surface area contributed by atoms with Crippen molar-refractivity contribution in [1.82, 2.24) is 0 Å². The predicted molar refractivity (Wildman–Crippen MR) is 42.9 cm³/mol. The van der Waals surface area contributed by atoms with Gasteiger partial charge in [-0.2, -0.15) is 0 Å². The van der Waals surface area contributed by atoms with E-state index in [1.807, 2.05) is 0 Å². The van der Waals surface area contributed by atoms with Crippen LogP contribution >= 0.6 is 0 Å². The molecule has 2 aliphatic heterocycles. The van der Waals surface area contributed by atoms with Gasteiger partial charge in [0.15, 0.2) is 0 Å². The quantitative estimate of drug-likeness (QED) is 0.522. The Morgan fingerprint density at radius 2 is 2.00 bits per heavy atom. The maximum Gasteiger partial charge on any atom is 0.309 e. The van der Waals surface area contributed by atoms with Gasteiger partial charge in [-0.15, -0.1) is 0 Å². The van der Waals surface area contributed by atoms with Crippen LogP contribution in [0.5, 0.6) is 0 Å². The fraction of sp³-hybridized carbons (Fsp3) is 0.778. The lowest BCUT2D eigenvalue weighted by molar-refractivity contribution is -0.245. The lowest BCUT2D eigenvalue weighted by atomic mass is 9.96. The molecule has 2 aliphatic rings. The first-order valence-electron chi connectivity index (χ1n) is 4.62. The number of Topliss-reactive ketones (excluding diaryl/α,β-unsaturated/α-hetero) is 1. The molecule has 1 unspecified atom stereocenters. The van der Waals surface area contributed by atoms with Crippen molar-refractivity contribution in [1.29, 1.82) is 0 Å². The summed E-state index contributed by atoms with van der Waals surface area (Å²) in [4.78, 5) is 22.5. The van der Waals surface area contributed by atoms with Crippen molar-refractivity contribution in [3.05, 3.63) is 0 Å². The third-order valence-corrected chi connectivity index (χ3v) is 2.50. The van der Waals surface area contributed by atoms with Gasteiger partial charge >= 0.3 is 5.97 Å². The van der Waals surface area contributed by atoms with Crippen LogP contribution in [0.15, 0.2) is 0 Å².